The van der Waals surface area contributed by atoms with Gasteiger partial charge < -0.3 is 4.52 Å². The van der Waals surface area contributed by atoms with Gasteiger partial charge in [-0.2, -0.15) is 0 Å². The molecule has 0 fully saturated rings. The second-order valence-electron chi connectivity index (χ2n) is 6.10. The van der Waals surface area contributed by atoms with Crippen LogP contribution in [0, 0.1) is 6.92 Å². The highest BCUT2D eigenvalue weighted by atomic mass is 16.5. The molecule has 3 heteroatoms. The Labute approximate surface area is 118 Å². The summed E-state index contributed by atoms with van der Waals surface area (Å²) in [5, 5.41) is 5.37. The van der Waals surface area contributed by atoms with Gasteiger partial charge >= 0.3 is 0 Å². The van der Waals surface area contributed by atoms with Gasteiger partial charge in [-0.1, -0.05) is 50.2 Å². The van der Waals surface area contributed by atoms with Gasteiger partial charge in [-0.25, -0.2) is 4.98 Å². The van der Waals surface area contributed by atoms with E-state index in [1.54, 1.807) is 0 Å². The standard InChI is InChI=1S/C17H18N2O/c1-11-15(16(19-20-11)17(2,3)4)14-10-9-12-7-5-6-8-13(12)18-14/h5-10H,1-4H3. The van der Waals surface area contributed by atoms with Crippen LogP contribution in [0.1, 0.15) is 32.2 Å². The van der Waals surface area contributed by atoms with E-state index in [1.165, 1.54) is 0 Å². The molecule has 0 amide bonds. The third-order valence-corrected chi connectivity index (χ3v) is 3.43. The highest BCUT2D eigenvalue weighted by molar-refractivity contribution is 5.82. The van der Waals surface area contributed by atoms with E-state index in [4.69, 9.17) is 9.51 Å². The Morgan fingerprint density at radius 1 is 1.00 bits per heavy atom. The second-order valence-corrected chi connectivity index (χ2v) is 6.10. The van der Waals surface area contributed by atoms with Crippen molar-refractivity contribution in [2.24, 2.45) is 0 Å². The summed E-state index contributed by atoms with van der Waals surface area (Å²) in [6.07, 6.45) is 0. The Morgan fingerprint density at radius 3 is 2.50 bits per heavy atom. The number of aromatic nitrogens is 2. The first-order valence-electron chi connectivity index (χ1n) is 6.80. The number of aryl methyl sites for hydroxylation is 1. The zero-order valence-electron chi connectivity index (χ0n) is 12.3. The van der Waals surface area contributed by atoms with E-state index in [0.717, 1.165) is 33.6 Å². The predicted octanol–water partition coefficient (Wildman–Crippen LogP) is 4.50. The first-order chi connectivity index (χ1) is 9.47. The van der Waals surface area contributed by atoms with E-state index in [1.807, 2.05) is 31.2 Å². The van der Waals surface area contributed by atoms with E-state index in [2.05, 4.69) is 38.1 Å². The molecule has 0 aliphatic rings. The molecule has 3 rings (SSSR count). The zero-order chi connectivity index (χ0) is 14.3. The second kappa shape index (κ2) is 4.44. The predicted molar refractivity (Wildman–Crippen MR) is 80.7 cm³/mol. The SMILES string of the molecule is Cc1onc(C(C)(C)C)c1-c1ccc2ccccc2n1. The van der Waals surface area contributed by atoms with Gasteiger partial charge in [0.05, 0.1) is 22.5 Å². The first-order valence-corrected chi connectivity index (χ1v) is 6.80. The van der Waals surface area contributed by atoms with E-state index < -0.39 is 0 Å². The van der Waals surface area contributed by atoms with Gasteiger partial charge in [0, 0.05) is 10.8 Å². The number of rotatable bonds is 1. The fourth-order valence-electron chi connectivity index (χ4n) is 2.39. The summed E-state index contributed by atoms with van der Waals surface area (Å²) in [6, 6.07) is 12.3. The number of benzene rings is 1. The molecule has 0 unspecified atom stereocenters. The Morgan fingerprint density at radius 2 is 1.75 bits per heavy atom. The summed E-state index contributed by atoms with van der Waals surface area (Å²) in [5.74, 6) is 0.817. The first kappa shape index (κ1) is 12.9. The van der Waals surface area contributed by atoms with Crippen molar-refractivity contribution < 1.29 is 4.52 Å². The van der Waals surface area contributed by atoms with Gasteiger partial charge in [0.1, 0.15) is 5.76 Å². The molecule has 0 bridgehead atoms. The van der Waals surface area contributed by atoms with Crippen molar-refractivity contribution in [3.8, 4) is 11.3 Å². The summed E-state index contributed by atoms with van der Waals surface area (Å²) in [4.78, 5) is 4.75. The minimum absolute atomic E-state index is 0.0690. The van der Waals surface area contributed by atoms with Crippen molar-refractivity contribution in [2.45, 2.75) is 33.1 Å². The average molecular weight is 266 g/mol. The van der Waals surface area contributed by atoms with Gasteiger partial charge in [-0.15, -0.1) is 0 Å². The molecular formula is C17H18N2O. The molecule has 3 aromatic rings. The van der Waals surface area contributed by atoms with Crippen molar-refractivity contribution in [3.05, 3.63) is 47.9 Å². The van der Waals surface area contributed by atoms with E-state index in [9.17, 15) is 0 Å². The lowest BCUT2D eigenvalue weighted by atomic mass is 9.87. The number of hydrogen-bond acceptors (Lipinski definition) is 3. The molecule has 0 radical (unpaired) electrons. The van der Waals surface area contributed by atoms with Crippen LogP contribution in [0.2, 0.25) is 0 Å². The third kappa shape index (κ3) is 2.09. The molecule has 2 aromatic heterocycles. The lowest BCUT2D eigenvalue weighted by Crippen LogP contribution is -2.13. The van der Waals surface area contributed by atoms with Crippen LogP contribution in [0.4, 0.5) is 0 Å². The summed E-state index contributed by atoms with van der Waals surface area (Å²) in [7, 11) is 0. The van der Waals surface area contributed by atoms with E-state index >= 15 is 0 Å². The van der Waals surface area contributed by atoms with Crippen LogP contribution < -0.4 is 0 Å². The van der Waals surface area contributed by atoms with Gasteiger partial charge in [0.25, 0.3) is 0 Å². The molecule has 0 spiro atoms. The van der Waals surface area contributed by atoms with Gasteiger partial charge in [0.2, 0.25) is 0 Å². The number of pyridine rings is 1. The molecular weight excluding hydrogens is 248 g/mol. The fourth-order valence-corrected chi connectivity index (χ4v) is 2.39. The lowest BCUT2D eigenvalue weighted by Gasteiger charge is -2.16. The highest BCUT2D eigenvalue weighted by Gasteiger charge is 2.26. The summed E-state index contributed by atoms with van der Waals surface area (Å²) >= 11 is 0. The number of hydrogen-bond donors (Lipinski definition) is 0. The molecule has 3 nitrogen and oxygen atoms in total. The van der Waals surface area contributed by atoms with Crippen LogP contribution in [0.15, 0.2) is 40.9 Å². The molecule has 0 saturated heterocycles. The maximum atomic E-state index is 5.40. The zero-order valence-corrected chi connectivity index (χ0v) is 12.3. The average Bonchev–Trinajstić information content (AvgIpc) is 2.80. The van der Waals surface area contributed by atoms with Crippen LogP contribution in [0.25, 0.3) is 22.2 Å². The molecule has 20 heavy (non-hydrogen) atoms. The Bertz CT molecular complexity index is 766. The normalized spacial score (nSPS) is 12.0. The topological polar surface area (TPSA) is 38.9 Å². The largest absolute Gasteiger partial charge is 0.361 e. The highest BCUT2D eigenvalue weighted by Crippen LogP contribution is 2.34. The summed E-state index contributed by atoms with van der Waals surface area (Å²) in [5.41, 5.74) is 3.82. The van der Waals surface area contributed by atoms with Crippen LogP contribution in [0.3, 0.4) is 0 Å². The van der Waals surface area contributed by atoms with Crippen LogP contribution in [0.5, 0.6) is 0 Å². The summed E-state index contributed by atoms with van der Waals surface area (Å²) < 4.78 is 5.40. The minimum Gasteiger partial charge on any atom is -0.361 e. The van der Waals surface area contributed by atoms with E-state index in [0.29, 0.717) is 0 Å². The Kier molecular flexibility index (Phi) is 2.85. The maximum absolute atomic E-state index is 5.40. The van der Waals surface area contributed by atoms with Crippen LogP contribution in [-0.4, -0.2) is 10.1 Å². The monoisotopic (exact) mass is 266 g/mol. The van der Waals surface area contributed by atoms with Crippen molar-refractivity contribution in [1.29, 1.82) is 0 Å². The van der Waals surface area contributed by atoms with Crippen molar-refractivity contribution >= 4 is 10.9 Å². The molecule has 1 aromatic carbocycles. The Hall–Kier alpha value is -2.16. The fraction of sp³-hybridized carbons (Fsp3) is 0.294. The van der Waals surface area contributed by atoms with Crippen LogP contribution in [-0.2, 0) is 5.41 Å². The van der Waals surface area contributed by atoms with Crippen LogP contribution >= 0.6 is 0 Å². The molecule has 102 valence electrons. The molecule has 0 aliphatic carbocycles. The van der Waals surface area contributed by atoms with Crippen molar-refractivity contribution in [3.63, 3.8) is 0 Å². The lowest BCUT2D eigenvalue weighted by molar-refractivity contribution is 0.375. The van der Waals surface area contributed by atoms with Crippen molar-refractivity contribution in [1.82, 2.24) is 10.1 Å². The molecule has 0 aliphatic heterocycles. The Balaban J connectivity index is 2.23. The minimum atomic E-state index is -0.0690. The molecule has 0 N–H and O–H groups in total. The smallest absolute Gasteiger partial charge is 0.143 e. The van der Waals surface area contributed by atoms with Crippen molar-refractivity contribution in [2.75, 3.05) is 0 Å². The number of nitrogens with zero attached hydrogens (tertiary/aromatic N) is 2. The molecule has 0 atom stereocenters. The van der Waals surface area contributed by atoms with Gasteiger partial charge in [-0.05, 0) is 19.1 Å². The quantitative estimate of drug-likeness (QED) is 0.651. The van der Waals surface area contributed by atoms with Gasteiger partial charge in [0.15, 0.2) is 0 Å². The maximum Gasteiger partial charge on any atom is 0.143 e. The third-order valence-electron chi connectivity index (χ3n) is 3.43. The number of fused-ring (bicyclic) bond motifs is 1. The molecule has 0 saturated carbocycles. The van der Waals surface area contributed by atoms with Gasteiger partial charge in [-0.3, -0.25) is 0 Å². The number of para-hydroxylation sites is 1. The van der Waals surface area contributed by atoms with E-state index in [-0.39, 0.29) is 5.41 Å². The summed E-state index contributed by atoms with van der Waals surface area (Å²) in [6.45, 7) is 8.34. The molecule has 2 heterocycles.